The van der Waals surface area contributed by atoms with Crippen LogP contribution in [0.4, 0.5) is 17.6 Å². The highest BCUT2D eigenvalue weighted by Gasteiger charge is 2.35. The van der Waals surface area contributed by atoms with Crippen molar-refractivity contribution in [2.75, 3.05) is 26.7 Å². The van der Waals surface area contributed by atoms with Gasteiger partial charge in [-0.15, -0.1) is 0 Å². The van der Waals surface area contributed by atoms with E-state index in [2.05, 4.69) is 10.0 Å². The van der Waals surface area contributed by atoms with Crippen molar-refractivity contribution in [2.24, 2.45) is 0 Å². The fraction of sp³-hybridized carbons (Fsp3) is 0.533. The summed E-state index contributed by atoms with van der Waals surface area (Å²) >= 11 is 0. The second-order valence-electron chi connectivity index (χ2n) is 5.98. The largest absolute Gasteiger partial charge is 0.419 e. The molecule has 0 saturated carbocycles. The molecule has 1 aliphatic heterocycles. The minimum atomic E-state index is -4.99. The molecule has 0 unspecified atom stereocenters. The fourth-order valence-corrected chi connectivity index (χ4v) is 4.00. The number of hydrogen-bond donors (Lipinski definition) is 2. The second-order valence-corrected chi connectivity index (χ2v) is 7.70. The van der Waals surface area contributed by atoms with E-state index in [9.17, 15) is 30.8 Å². The zero-order valence-electron chi connectivity index (χ0n) is 13.9. The molecule has 1 aromatic carbocycles. The van der Waals surface area contributed by atoms with Gasteiger partial charge in [-0.3, -0.25) is 9.69 Å². The minimum Gasteiger partial charge on any atom is -0.358 e. The van der Waals surface area contributed by atoms with Gasteiger partial charge >= 0.3 is 6.18 Å². The number of alkyl halides is 3. The summed E-state index contributed by atoms with van der Waals surface area (Å²) in [7, 11) is -2.70. The van der Waals surface area contributed by atoms with Gasteiger partial charge in [0.15, 0.2) is 0 Å². The van der Waals surface area contributed by atoms with E-state index in [0.717, 1.165) is 6.07 Å². The number of likely N-dealkylation sites (tertiary alicyclic amines) is 1. The maximum absolute atomic E-state index is 13.3. The molecule has 1 amide bonds. The molecule has 0 bridgehead atoms. The summed E-state index contributed by atoms with van der Waals surface area (Å²) in [5.41, 5.74) is -1.62. The van der Waals surface area contributed by atoms with E-state index in [-0.39, 0.29) is 12.5 Å². The first-order valence-electron chi connectivity index (χ1n) is 7.85. The predicted molar refractivity (Wildman–Crippen MR) is 85.3 cm³/mol. The lowest BCUT2D eigenvalue weighted by Gasteiger charge is -2.31. The molecule has 2 rings (SSSR count). The Hall–Kier alpha value is -1.72. The molecule has 2 N–H and O–H groups in total. The van der Waals surface area contributed by atoms with E-state index in [0.29, 0.717) is 38.1 Å². The number of carbonyl (C=O) groups is 1. The topological polar surface area (TPSA) is 78.5 Å². The van der Waals surface area contributed by atoms with Crippen LogP contribution in [0.5, 0.6) is 0 Å². The highest BCUT2D eigenvalue weighted by Crippen LogP contribution is 2.32. The molecular formula is C15H19F4N3O3S. The van der Waals surface area contributed by atoms with E-state index in [1.165, 1.54) is 7.05 Å². The lowest BCUT2D eigenvalue weighted by atomic mass is 10.1. The zero-order valence-corrected chi connectivity index (χ0v) is 14.8. The molecule has 26 heavy (non-hydrogen) atoms. The van der Waals surface area contributed by atoms with Crippen molar-refractivity contribution in [3.05, 3.63) is 29.6 Å². The van der Waals surface area contributed by atoms with Gasteiger partial charge in [-0.25, -0.2) is 17.5 Å². The van der Waals surface area contributed by atoms with E-state index in [1.54, 1.807) is 0 Å². The molecule has 0 aromatic heterocycles. The van der Waals surface area contributed by atoms with Crippen molar-refractivity contribution in [2.45, 2.75) is 30.0 Å². The number of amides is 1. The maximum Gasteiger partial charge on any atom is 0.419 e. The van der Waals surface area contributed by atoms with Gasteiger partial charge in [-0.2, -0.15) is 13.2 Å². The van der Waals surface area contributed by atoms with Crippen LogP contribution in [-0.4, -0.2) is 51.9 Å². The van der Waals surface area contributed by atoms with Crippen molar-refractivity contribution >= 4 is 15.9 Å². The third kappa shape index (κ3) is 5.15. The van der Waals surface area contributed by atoms with Gasteiger partial charge in [-0.05, 0) is 31.0 Å². The molecule has 0 aliphatic carbocycles. The van der Waals surface area contributed by atoms with Crippen LogP contribution in [-0.2, 0) is 21.0 Å². The van der Waals surface area contributed by atoms with Gasteiger partial charge in [0.05, 0.1) is 17.0 Å². The number of carbonyl (C=O) groups excluding carboxylic acids is 1. The van der Waals surface area contributed by atoms with Gasteiger partial charge in [0, 0.05) is 26.2 Å². The van der Waals surface area contributed by atoms with E-state index in [4.69, 9.17) is 0 Å². The standard InChI is InChI=1S/C15H19F4N3O3S/c1-20-14(23)9-22-6-4-10(5-7-22)21-26(24,25)11-2-3-13(16)12(8-11)15(17,18)19/h2-3,8,10,21H,4-7,9H2,1H3,(H,20,23). The van der Waals surface area contributed by atoms with Crippen molar-refractivity contribution in [3.63, 3.8) is 0 Å². The third-order valence-electron chi connectivity index (χ3n) is 4.11. The van der Waals surface area contributed by atoms with Crippen LogP contribution in [0.3, 0.4) is 0 Å². The molecule has 6 nitrogen and oxygen atoms in total. The van der Waals surface area contributed by atoms with Gasteiger partial charge in [0.1, 0.15) is 5.82 Å². The Labute approximate surface area is 148 Å². The number of piperidine rings is 1. The molecule has 1 fully saturated rings. The van der Waals surface area contributed by atoms with Crippen molar-refractivity contribution in [1.82, 2.24) is 14.9 Å². The number of halogens is 4. The molecular weight excluding hydrogens is 378 g/mol. The van der Waals surface area contributed by atoms with Crippen LogP contribution in [0.25, 0.3) is 0 Å². The fourth-order valence-electron chi connectivity index (χ4n) is 2.67. The van der Waals surface area contributed by atoms with Crippen LogP contribution in [0.15, 0.2) is 23.1 Å². The first-order chi connectivity index (χ1) is 12.0. The number of sulfonamides is 1. The van der Waals surface area contributed by atoms with Crippen LogP contribution < -0.4 is 10.0 Å². The van der Waals surface area contributed by atoms with Crippen molar-refractivity contribution in [3.8, 4) is 0 Å². The van der Waals surface area contributed by atoms with Gasteiger partial charge < -0.3 is 5.32 Å². The maximum atomic E-state index is 13.3. The molecule has 0 spiro atoms. The number of nitrogens with zero attached hydrogens (tertiary/aromatic N) is 1. The summed E-state index contributed by atoms with van der Waals surface area (Å²) < 4.78 is 78.6. The Kier molecular flexibility index (Phi) is 6.25. The number of nitrogens with one attached hydrogen (secondary N) is 2. The predicted octanol–water partition coefficient (Wildman–Crippen LogP) is 1.33. The average molecular weight is 397 g/mol. The molecule has 0 atom stereocenters. The molecule has 1 aliphatic rings. The monoisotopic (exact) mass is 397 g/mol. The number of rotatable bonds is 5. The number of benzene rings is 1. The Morgan fingerprint density at radius 1 is 1.27 bits per heavy atom. The first-order valence-corrected chi connectivity index (χ1v) is 9.33. The average Bonchev–Trinajstić information content (AvgIpc) is 2.55. The summed E-state index contributed by atoms with van der Waals surface area (Å²) in [5, 5.41) is 2.49. The summed E-state index contributed by atoms with van der Waals surface area (Å²) in [4.78, 5) is 12.5. The molecule has 11 heteroatoms. The smallest absolute Gasteiger partial charge is 0.358 e. The third-order valence-corrected chi connectivity index (χ3v) is 5.63. The molecule has 146 valence electrons. The first kappa shape index (κ1) is 20.6. The summed E-state index contributed by atoms with van der Waals surface area (Å²) in [6.45, 7) is 1.14. The minimum absolute atomic E-state index is 0.157. The lowest BCUT2D eigenvalue weighted by molar-refractivity contribution is -0.140. The molecule has 1 heterocycles. The van der Waals surface area contributed by atoms with E-state index >= 15 is 0 Å². The number of hydrogen-bond acceptors (Lipinski definition) is 4. The van der Waals surface area contributed by atoms with Gasteiger partial charge in [-0.1, -0.05) is 0 Å². The van der Waals surface area contributed by atoms with Gasteiger partial charge in [0.2, 0.25) is 15.9 Å². The number of likely N-dealkylation sites (N-methyl/N-ethyl adjacent to an activating group) is 1. The Morgan fingerprint density at radius 2 is 1.88 bits per heavy atom. The Bertz CT molecular complexity index is 760. The summed E-state index contributed by atoms with van der Waals surface area (Å²) in [6, 6.07) is 1.11. The molecule has 1 aromatic rings. The van der Waals surface area contributed by atoms with Crippen molar-refractivity contribution in [1.29, 1.82) is 0 Å². The molecule has 0 radical (unpaired) electrons. The lowest BCUT2D eigenvalue weighted by Crippen LogP contribution is -2.47. The second kappa shape index (κ2) is 7.89. The van der Waals surface area contributed by atoms with Gasteiger partial charge in [0.25, 0.3) is 0 Å². The van der Waals surface area contributed by atoms with Crippen LogP contribution in [0.1, 0.15) is 18.4 Å². The normalized spacial score (nSPS) is 17.3. The van der Waals surface area contributed by atoms with Crippen LogP contribution >= 0.6 is 0 Å². The zero-order chi connectivity index (χ0) is 19.5. The SMILES string of the molecule is CNC(=O)CN1CCC(NS(=O)(=O)c2ccc(F)c(C(F)(F)F)c2)CC1. The van der Waals surface area contributed by atoms with Crippen LogP contribution in [0, 0.1) is 5.82 Å². The van der Waals surface area contributed by atoms with E-state index < -0.39 is 38.5 Å². The quantitative estimate of drug-likeness (QED) is 0.735. The highest BCUT2D eigenvalue weighted by molar-refractivity contribution is 7.89. The molecule has 1 saturated heterocycles. The Balaban J connectivity index is 2.05. The summed E-state index contributed by atoms with van der Waals surface area (Å²) in [6.07, 6.45) is -4.17. The van der Waals surface area contributed by atoms with Crippen LogP contribution in [0.2, 0.25) is 0 Å². The summed E-state index contributed by atoms with van der Waals surface area (Å²) in [5.74, 6) is -1.69. The van der Waals surface area contributed by atoms with Crippen molar-refractivity contribution < 1.29 is 30.8 Å². The highest BCUT2D eigenvalue weighted by atomic mass is 32.2. The Morgan fingerprint density at radius 3 is 2.42 bits per heavy atom. The van der Waals surface area contributed by atoms with E-state index in [1.807, 2.05) is 4.90 Å².